The van der Waals surface area contributed by atoms with Crippen molar-refractivity contribution in [2.24, 2.45) is 5.92 Å². The Kier molecular flexibility index (Phi) is 7.95. The van der Waals surface area contributed by atoms with Gasteiger partial charge in [-0.1, -0.05) is 13.8 Å². The van der Waals surface area contributed by atoms with Crippen LogP contribution < -0.4 is 10.2 Å². The number of anilines is 2. The second kappa shape index (κ2) is 10.9. The van der Waals surface area contributed by atoms with Gasteiger partial charge in [0.25, 0.3) is 5.69 Å². The molecule has 10 nitrogen and oxygen atoms in total. The third-order valence-electron chi connectivity index (χ3n) is 5.37. The number of amides is 1. The average molecular weight is 469 g/mol. The molecule has 1 atom stereocenters. The third-order valence-corrected chi connectivity index (χ3v) is 5.37. The first kappa shape index (κ1) is 24.8. The molecule has 1 heterocycles. The fourth-order valence-corrected chi connectivity index (χ4v) is 3.39. The van der Waals surface area contributed by atoms with E-state index in [4.69, 9.17) is 9.47 Å². The highest BCUT2D eigenvalue weighted by Crippen LogP contribution is 2.30. The molecule has 1 aliphatic rings. The maximum absolute atomic E-state index is 12.7. The van der Waals surface area contributed by atoms with E-state index < -0.39 is 22.8 Å². The number of esters is 1. The second-order valence-corrected chi connectivity index (χ2v) is 8.19. The maximum atomic E-state index is 12.7. The Morgan fingerprint density at radius 2 is 1.65 bits per heavy atom. The van der Waals surface area contributed by atoms with Gasteiger partial charge in [0.05, 0.1) is 23.7 Å². The van der Waals surface area contributed by atoms with Crippen molar-refractivity contribution in [2.45, 2.75) is 26.9 Å². The van der Waals surface area contributed by atoms with Gasteiger partial charge in [-0.15, -0.1) is 0 Å². The van der Waals surface area contributed by atoms with Gasteiger partial charge in [0.1, 0.15) is 5.69 Å². The van der Waals surface area contributed by atoms with Crippen molar-refractivity contribution < 1.29 is 28.8 Å². The highest BCUT2D eigenvalue weighted by Gasteiger charge is 2.26. The largest absolute Gasteiger partial charge is 0.451 e. The Morgan fingerprint density at radius 3 is 2.24 bits per heavy atom. The molecular formula is C24H27N3O7. The summed E-state index contributed by atoms with van der Waals surface area (Å²) in [5.41, 5.74) is 1.02. The molecule has 0 bridgehead atoms. The SMILES string of the molecule is CC(C)C(=O)Nc1ccc(C(=O)C(C)OC(=O)c2ccc(N3CCOCC3)c([N+](=O)[O-])c2)cc1. The van der Waals surface area contributed by atoms with Gasteiger partial charge in [-0.05, 0) is 43.3 Å². The van der Waals surface area contributed by atoms with E-state index in [1.165, 1.54) is 31.2 Å². The summed E-state index contributed by atoms with van der Waals surface area (Å²) in [5, 5.41) is 14.3. The van der Waals surface area contributed by atoms with Crippen LogP contribution in [0.1, 0.15) is 41.5 Å². The summed E-state index contributed by atoms with van der Waals surface area (Å²) in [7, 11) is 0. The van der Waals surface area contributed by atoms with Crippen LogP contribution in [0.2, 0.25) is 0 Å². The molecule has 1 saturated heterocycles. The van der Waals surface area contributed by atoms with Crippen LogP contribution in [0, 0.1) is 16.0 Å². The zero-order valence-electron chi connectivity index (χ0n) is 19.3. The molecule has 2 aromatic carbocycles. The molecule has 180 valence electrons. The van der Waals surface area contributed by atoms with E-state index >= 15 is 0 Å². The molecule has 0 saturated carbocycles. The minimum Gasteiger partial charge on any atom is -0.451 e. The van der Waals surface area contributed by atoms with E-state index in [1.54, 1.807) is 26.0 Å². The van der Waals surface area contributed by atoms with Crippen molar-refractivity contribution in [3.05, 3.63) is 63.7 Å². The van der Waals surface area contributed by atoms with Crippen molar-refractivity contribution in [1.82, 2.24) is 0 Å². The molecule has 1 unspecified atom stereocenters. The summed E-state index contributed by atoms with van der Waals surface area (Å²) >= 11 is 0. The maximum Gasteiger partial charge on any atom is 0.339 e. The predicted molar refractivity (Wildman–Crippen MR) is 125 cm³/mol. The zero-order chi connectivity index (χ0) is 24.8. The number of hydrogen-bond donors (Lipinski definition) is 1. The quantitative estimate of drug-likeness (QED) is 0.269. The number of benzene rings is 2. The summed E-state index contributed by atoms with van der Waals surface area (Å²) in [5.74, 6) is -1.59. The van der Waals surface area contributed by atoms with E-state index in [0.717, 1.165) is 6.07 Å². The Balaban J connectivity index is 1.68. The molecule has 1 aliphatic heterocycles. The average Bonchev–Trinajstić information content (AvgIpc) is 2.84. The normalized spacial score (nSPS) is 14.4. The van der Waals surface area contributed by atoms with Crippen molar-refractivity contribution in [2.75, 3.05) is 36.5 Å². The summed E-state index contributed by atoms with van der Waals surface area (Å²) in [6.07, 6.45) is -1.11. The Hall–Kier alpha value is -3.79. The Labute approximate surface area is 197 Å². The Bertz CT molecular complexity index is 1080. The van der Waals surface area contributed by atoms with E-state index in [2.05, 4.69) is 5.32 Å². The van der Waals surface area contributed by atoms with Crippen molar-refractivity contribution in [1.29, 1.82) is 0 Å². The van der Waals surface area contributed by atoms with Crippen LogP contribution in [-0.4, -0.2) is 55.0 Å². The van der Waals surface area contributed by atoms with Crippen LogP contribution in [0.4, 0.5) is 17.1 Å². The number of hydrogen-bond acceptors (Lipinski definition) is 8. The van der Waals surface area contributed by atoms with Gasteiger partial charge in [-0.25, -0.2) is 4.79 Å². The van der Waals surface area contributed by atoms with Gasteiger partial charge >= 0.3 is 5.97 Å². The van der Waals surface area contributed by atoms with Crippen LogP contribution in [0.5, 0.6) is 0 Å². The number of morpholine rings is 1. The number of nitrogens with zero attached hydrogens (tertiary/aromatic N) is 2. The van der Waals surface area contributed by atoms with Gasteiger partial charge in [0.2, 0.25) is 11.7 Å². The molecule has 1 N–H and O–H groups in total. The van der Waals surface area contributed by atoms with Crippen molar-refractivity contribution >= 4 is 34.7 Å². The number of ketones is 1. The van der Waals surface area contributed by atoms with Gasteiger partial charge in [-0.3, -0.25) is 19.7 Å². The molecule has 0 radical (unpaired) electrons. The third kappa shape index (κ3) is 5.96. The standard InChI is InChI=1S/C24H27N3O7/c1-15(2)23(29)25-19-7-4-17(5-8-19)22(28)16(3)34-24(30)18-6-9-20(21(14-18)27(31)32)26-10-12-33-13-11-26/h4-9,14-16H,10-13H2,1-3H3,(H,25,29). The van der Waals surface area contributed by atoms with Crippen LogP contribution in [-0.2, 0) is 14.3 Å². The summed E-state index contributed by atoms with van der Waals surface area (Å²) in [6, 6.07) is 10.4. The predicted octanol–water partition coefficient (Wildman–Crippen LogP) is 3.45. The lowest BCUT2D eigenvalue weighted by Crippen LogP contribution is -2.36. The molecular weight excluding hydrogens is 442 g/mol. The number of rotatable bonds is 8. The summed E-state index contributed by atoms with van der Waals surface area (Å²) < 4.78 is 10.6. The molecule has 1 fully saturated rings. The van der Waals surface area contributed by atoms with Gasteiger partial charge in [0, 0.05) is 36.3 Å². The molecule has 3 rings (SSSR count). The lowest BCUT2D eigenvalue weighted by Gasteiger charge is -2.28. The van der Waals surface area contributed by atoms with Crippen LogP contribution in [0.25, 0.3) is 0 Å². The summed E-state index contributed by atoms with van der Waals surface area (Å²) in [4.78, 5) is 50.0. The number of carbonyl (C=O) groups is 3. The van der Waals surface area contributed by atoms with E-state index in [0.29, 0.717) is 43.2 Å². The Morgan fingerprint density at radius 1 is 1.03 bits per heavy atom. The van der Waals surface area contributed by atoms with Crippen LogP contribution in [0.15, 0.2) is 42.5 Å². The number of Topliss-reactive ketones (excluding diaryl/α,β-unsaturated/α-hetero) is 1. The second-order valence-electron chi connectivity index (χ2n) is 8.19. The van der Waals surface area contributed by atoms with E-state index in [9.17, 15) is 24.5 Å². The first-order chi connectivity index (χ1) is 16.2. The fourth-order valence-electron chi connectivity index (χ4n) is 3.39. The lowest BCUT2D eigenvalue weighted by molar-refractivity contribution is -0.384. The molecule has 0 aliphatic carbocycles. The number of nitro benzene ring substituents is 1. The number of carbonyl (C=O) groups excluding carboxylic acids is 3. The first-order valence-corrected chi connectivity index (χ1v) is 10.9. The first-order valence-electron chi connectivity index (χ1n) is 10.9. The molecule has 0 spiro atoms. The molecule has 10 heteroatoms. The highest BCUT2D eigenvalue weighted by molar-refractivity contribution is 6.02. The van der Waals surface area contributed by atoms with Gasteiger partial charge < -0.3 is 19.7 Å². The monoisotopic (exact) mass is 469 g/mol. The highest BCUT2D eigenvalue weighted by atomic mass is 16.6. The minimum atomic E-state index is -1.11. The van der Waals surface area contributed by atoms with Gasteiger partial charge in [-0.2, -0.15) is 0 Å². The molecule has 0 aromatic heterocycles. The number of nitrogens with one attached hydrogen (secondary N) is 1. The minimum absolute atomic E-state index is 0.0184. The van der Waals surface area contributed by atoms with Crippen molar-refractivity contribution in [3.8, 4) is 0 Å². The topological polar surface area (TPSA) is 128 Å². The zero-order valence-corrected chi connectivity index (χ0v) is 19.3. The lowest BCUT2D eigenvalue weighted by atomic mass is 10.1. The van der Waals surface area contributed by atoms with Gasteiger partial charge in [0.15, 0.2) is 6.10 Å². The van der Waals surface area contributed by atoms with E-state index in [1.807, 2.05) is 4.90 Å². The summed E-state index contributed by atoms with van der Waals surface area (Å²) in [6.45, 7) is 6.93. The molecule has 34 heavy (non-hydrogen) atoms. The van der Waals surface area contributed by atoms with Crippen molar-refractivity contribution in [3.63, 3.8) is 0 Å². The molecule has 1 amide bonds. The molecule has 2 aromatic rings. The number of nitro groups is 1. The number of ether oxygens (including phenoxy) is 2. The van der Waals surface area contributed by atoms with E-state index in [-0.39, 0.29) is 23.1 Å². The smallest absolute Gasteiger partial charge is 0.339 e. The van der Waals surface area contributed by atoms with Crippen LogP contribution >= 0.6 is 0 Å². The fraction of sp³-hybridized carbons (Fsp3) is 0.375. The van der Waals surface area contributed by atoms with Crippen LogP contribution in [0.3, 0.4) is 0 Å².